The molecular weight excluding hydrogens is 244 g/mol. The SMILES string of the molecule is OC1COCCc2c(Cl)cc3c(c21)OCCO3. The van der Waals surface area contributed by atoms with E-state index in [-0.39, 0.29) is 6.61 Å². The van der Waals surface area contributed by atoms with Crippen LogP contribution in [0.2, 0.25) is 5.02 Å². The predicted molar refractivity (Wildman–Crippen MR) is 61.9 cm³/mol. The average molecular weight is 257 g/mol. The highest BCUT2D eigenvalue weighted by Gasteiger charge is 2.28. The van der Waals surface area contributed by atoms with Crippen LogP contribution >= 0.6 is 11.6 Å². The van der Waals surface area contributed by atoms with E-state index in [1.54, 1.807) is 6.07 Å². The van der Waals surface area contributed by atoms with Crippen molar-refractivity contribution in [3.05, 3.63) is 22.2 Å². The molecule has 0 saturated heterocycles. The maximum absolute atomic E-state index is 10.1. The van der Waals surface area contributed by atoms with Crippen LogP contribution in [-0.4, -0.2) is 31.5 Å². The van der Waals surface area contributed by atoms with E-state index >= 15 is 0 Å². The standard InChI is InChI=1S/C12H13ClO4/c13-8-5-10-12(17-4-3-16-10)11-7(8)1-2-15-6-9(11)14/h5,9,14H,1-4,6H2. The van der Waals surface area contributed by atoms with Gasteiger partial charge in [0.2, 0.25) is 0 Å². The van der Waals surface area contributed by atoms with Gasteiger partial charge in [0.05, 0.1) is 13.2 Å². The molecule has 0 radical (unpaired) electrons. The maximum Gasteiger partial charge on any atom is 0.167 e. The molecular formula is C12H13ClO4. The zero-order chi connectivity index (χ0) is 11.8. The van der Waals surface area contributed by atoms with Crippen molar-refractivity contribution in [1.82, 2.24) is 0 Å². The van der Waals surface area contributed by atoms with Crippen molar-refractivity contribution in [2.45, 2.75) is 12.5 Å². The van der Waals surface area contributed by atoms with Gasteiger partial charge in [0, 0.05) is 16.7 Å². The van der Waals surface area contributed by atoms with Crippen LogP contribution in [0.25, 0.3) is 0 Å². The lowest BCUT2D eigenvalue weighted by Crippen LogP contribution is -2.19. The zero-order valence-electron chi connectivity index (χ0n) is 9.24. The van der Waals surface area contributed by atoms with Crippen LogP contribution in [0.4, 0.5) is 0 Å². The molecule has 0 aromatic heterocycles. The summed E-state index contributed by atoms with van der Waals surface area (Å²) in [6.45, 7) is 1.83. The lowest BCUT2D eigenvalue weighted by atomic mass is 9.99. The Morgan fingerprint density at radius 2 is 2.06 bits per heavy atom. The number of hydrogen-bond donors (Lipinski definition) is 1. The van der Waals surface area contributed by atoms with Crippen molar-refractivity contribution in [2.24, 2.45) is 0 Å². The molecule has 2 aliphatic rings. The van der Waals surface area contributed by atoms with Gasteiger partial charge >= 0.3 is 0 Å². The summed E-state index contributed by atoms with van der Waals surface area (Å²) in [6, 6.07) is 1.76. The van der Waals surface area contributed by atoms with Gasteiger partial charge in [-0.3, -0.25) is 0 Å². The molecule has 1 unspecified atom stereocenters. The van der Waals surface area contributed by atoms with Crippen molar-refractivity contribution < 1.29 is 19.3 Å². The minimum Gasteiger partial charge on any atom is -0.486 e. The topological polar surface area (TPSA) is 47.9 Å². The summed E-state index contributed by atoms with van der Waals surface area (Å²) in [4.78, 5) is 0. The van der Waals surface area contributed by atoms with Crippen molar-refractivity contribution in [3.63, 3.8) is 0 Å². The Morgan fingerprint density at radius 3 is 2.94 bits per heavy atom. The van der Waals surface area contributed by atoms with Gasteiger partial charge in [0.25, 0.3) is 0 Å². The van der Waals surface area contributed by atoms with Crippen LogP contribution in [0.1, 0.15) is 17.2 Å². The number of aliphatic hydroxyl groups is 1. The molecule has 0 bridgehead atoms. The first-order valence-electron chi connectivity index (χ1n) is 5.64. The first kappa shape index (κ1) is 11.1. The Labute approximate surface area is 104 Å². The predicted octanol–water partition coefficient (Wildman–Crippen LogP) is 1.72. The zero-order valence-corrected chi connectivity index (χ0v) is 10.00. The quantitative estimate of drug-likeness (QED) is 0.768. The number of fused-ring (bicyclic) bond motifs is 3. The molecule has 0 saturated carbocycles. The van der Waals surface area contributed by atoms with E-state index in [2.05, 4.69) is 0 Å². The molecule has 1 N–H and O–H groups in total. The van der Waals surface area contributed by atoms with Crippen LogP contribution in [0.15, 0.2) is 6.07 Å². The van der Waals surface area contributed by atoms with E-state index in [4.69, 9.17) is 25.8 Å². The molecule has 1 atom stereocenters. The van der Waals surface area contributed by atoms with E-state index in [0.717, 1.165) is 11.1 Å². The number of halogens is 1. The molecule has 1 aromatic rings. The molecule has 2 aliphatic heterocycles. The summed E-state index contributed by atoms with van der Waals surface area (Å²) in [7, 11) is 0. The van der Waals surface area contributed by atoms with Crippen LogP contribution in [0.5, 0.6) is 11.5 Å². The summed E-state index contributed by atoms with van der Waals surface area (Å²) in [5.41, 5.74) is 1.63. The number of hydrogen-bond acceptors (Lipinski definition) is 4. The third kappa shape index (κ3) is 1.86. The Balaban J connectivity index is 2.19. The van der Waals surface area contributed by atoms with Gasteiger partial charge in [-0.1, -0.05) is 11.6 Å². The number of benzene rings is 1. The molecule has 5 heteroatoms. The molecule has 0 fully saturated rings. The van der Waals surface area contributed by atoms with E-state index < -0.39 is 6.10 Å². The monoisotopic (exact) mass is 256 g/mol. The van der Waals surface area contributed by atoms with E-state index in [0.29, 0.717) is 42.8 Å². The van der Waals surface area contributed by atoms with Crippen LogP contribution < -0.4 is 9.47 Å². The summed E-state index contributed by atoms with van der Waals surface area (Å²) in [5, 5.41) is 10.7. The lowest BCUT2D eigenvalue weighted by molar-refractivity contribution is 0.0426. The van der Waals surface area contributed by atoms with Gasteiger partial charge in [-0.25, -0.2) is 0 Å². The molecule has 17 heavy (non-hydrogen) atoms. The Morgan fingerprint density at radius 1 is 1.24 bits per heavy atom. The minimum absolute atomic E-state index is 0.267. The van der Waals surface area contributed by atoms with Gasteiger partial charge in [-0.15, -0.1) is 0 Å². The largest absolute Gasteiger partial charge is 0.486 e. The molecule has 92 valence electrons. The lowest BCUT2D eigenvalue weighted by Gasteiger charge is -2.24. The Kier molecular flexibility index (Phi) is 2.86. The second-order valence-corrected chi connectivity index (χ2v) is 4.52. The second kappa shape index (κ2) is 4.37. The highest BCUT2D eigenvalue weighted by molar-refractivity contribution is 6.31. The van der Waals surface area contributed by atoms with Gasteiger partial charge in [0.1, 0.15) is 19.3 Å². The summed E-state index contributed by atoms with van der Waals surface area (Å²) in [5.74, 6) is 1.23. The minimum atomic E-state index is -0.707. The third-order valence-electron chi connectivity index (χ3n) is 3.03. The summed E-state index contributed by atoms with van der Waals surface area (Å²) < 4.78 is 16.4. The number of aliphatic hydroxyl groups excluding tert-OH is 1. The molecule has 4 nitrogen and oxygen atoms in total. The van der Waals surface area contributed by atoms with Crippen LogP contribution in [0, 0.1) is 0 Å². The second-order valence-electron chi connectivity index (χ2n) is 4.12. The Hall–Kier alpha value is -0.970. The molecule has 1 aromatic carbocycles. The van der Waals surface area contributed by atoms with Gasteiger partial charge in [-0.05, 0) is 12.0 Å². The van der Waals surface area contributed by atoms with Crippen LogP contribution in [0.3, 0.4) is 0 Å². The summed E-state index contributed by atoms with van der Waals surface area (Å²) in [6.07, 6.45) is -0.0244. The van der Waals surface area contributed by atoms with Crippen molar-refractivity contribution in [3.8, 4) is 11.5 Å². The highest BCUT2D eigenvalue weighted by Crippen LogP contribution is 2.44. The fourth-order valence-electron chi connectivity index (χ4n) is 2.28. The molecule has 3 rings (SSSR count). The first-order valence-corrected chi connectivity index (χ1v) is 6.02. The number of ether oxygens (including phenoxy) is 3. The average Bonchev–Trinajstić information content (AvgIpc) is 2.52. The van der Waals surface area contributed by atoms with Crippen LogP contribution in [-0.2, 0) is 11.2 Å². The van der Waals surface area contributed by atoms with Crippen molar-refractivity contribution in [1.29, 1.82) is 0 Å². The molecule has 0 amide bonds. The van der Waals surface area contributed by atoms with Crippen molar-refractivity contribution >= 4 is 11.6 Å². The number of rotatable bonds is 0. The summed E-state index contributed by atoms with van der Waals surface area (Å²) >= 11 is 6.21. The van der Waals surface area contributed by atoms with E-state index in [9.17, 15) is 5.11 Å². The normalized spacial score (nSPS) is 22.8. The first-order chi connectivity index (χ1) is 8.27. The maximum atomic E-state index is 10.1. The smallest absolute Gasteiger partial charge is 0.167 e. The highest BCUT2D eigenvalue weighted by atomic mass is 35.5. The van der Waals surface area contributed by atoms with E-state index in [1.165, 1.54) is 0 Å². The molecule has 0 spiro atoms. The van der Waals surface area contributed by atoms with Gasteiger partial charge in [0.15, 0.2) is 11.5 Å². The molecule has 0 aliphatic carbocycles. The fourth-order valence-corrected chi connectivity index (χ4v) is 2.57. The Bertz CT molecular complexity index is 447. The van der Waals surface area contributed by atoms with Crippen molar-refractivity contribution in [2.75, 3.05) is 26.4 Å². The molecule has 2 heterocycles. The van der Waals surface area contributed by atoms with Gasteiger partial charge < -0.3 is 19.3 Å². The fraction of sp³-hybridized carbons (Fsp3) is 0.500. The third-order valence-corrected chi connectivity index (χ3v) is 3.37. The van der Waals surface area contributed by atoms with Gasteiger partial charge in [-0.2, -0.15) is 0 Å². The van der Waals surface area contributed by atoms with E-state index in [1.807, 2.05) is 0 Å².